The van der Waals surface area contributed by atoms with E-state index in [9.17, 15) is 4.79 Å². The molecule has 0 spiro atoms. The monoisotopic (exact) mass is 331 g/mol. The Labute approximate surface area is 144 Å². The van der Waals surface area contributed by atoms with Crippen LogP contribution in [0.4, 0.5) is 5.82 Å². The summed E-state index contributed by atoms with van der Waals surface area (Å²) in [7, 11) is 2.15. The van der Waals surface area contributed by atoms with E-state index < -0.39 is 5.54 Å². The van der Waals surface area contributed by atoms with Gasteiger partial charge < -0.3 is 20.9 Å². The minimum absolute atomic E-state index is 0.0228. The summed E-state index contributed by atoms with van der Waals surface area (Å²) >= 11 is 0. The highest BCUT2D eigenvalue weighted by Gasteiger charge is 2.34. The highest BCUT2D eigenvalue weighted by Crippen LogP contribution is 2.26. The molecule has 24 heavy (non-hydrogen) atoms. The fraction of sp³-hybridized carbons (Fsp3) is 0.667. The molecule has 1 saturated carbocycles. The Balaban J connectivity index is 1.52. The summed E-state index contributed by atoms with van der Waals surface area (Å²) in [5.41, 5.74) is 6.60. The van der Waals surface area contributed by atoms with Gasteiger partial charge in [0.25, 0.3) is 0 Å². The molecule has 1 aliphatic heterocycles. The Bertz CT molecular complexity index is 545. The second-order valence-electron chi connectivity index (χ2n) is 7.21. The lowest BCUT2D eigenvalue weighted by Crippen LogP contribution is -2.54. The topological polar surface area (TPSA) is 74.5 Å². The van der Waals surface area contributed by atoms with Crippen molar-refractivity contribution in [3.8, 4) is 0 Å². The Kier molecular flexibility index (Phi) is 5.36. The molecule has 2 fully saturated rings. The van der Waals surface area contributed by atoms with Gasteiger partial charge in [0, 0.05) is 38.9 Å². The number of hydrogen-bond acceptors (Lipinski definition) is 5. The van der Waals surface area contributed by atoms with E-state index in [1.165, 1.54) is 6.42 Å². The molecule has 0 atom stereocenters. The van der Waals surface area contributed by atoms with E-state index in [2.05, 4.69) is 27.1 Å². The smallest absolute Gasteiger partial charge is 0.240 e. The van der Waals surface area contributed by atoms with E-state index in [0.717, 1.165) is 63.2 Å². The van der Waals surface area contributed by atoms with Crippen molar-refractivity contribution in [1.82, 2.24) is 15.2 Å². The molecule has 3 N–H and O–H groups in total. The third kappa shape index (κ3) is 4.05. The fourth-order valence-corrected chi connectivity index (χ4v) is 3.51. The highest BCUT2D eigenvalue weighted by molar-refractivity contribution is 5.86. The maximum atomic E-state index is 12.4. The van der Waals surface area contributed by atoms with Gasteiger partial charge in [-0.3, -0.25) is 4.79 Å². The zero-order valence-corrected chi connectivity index (χ0v) is 14.6. The maximum absolute atomic E-state index is 12.4. The largest absolute Gasteiger partial charge is 0.354 e. The van der Waals surface area contributed by atoms with Crippen molar-refractivity contribution >= 4 is 11.7 Å². The summed E-state index contributed by atoms with van der Waals surface area (Å²) < 4.78 is 0. The number of amides is 1. The number of likely N-dealkylation sites (N-methyl/N-ethyl adjacent to an activating group) is 1. The minimum atomic E-state index is -0.675. The van der Waals surface area contributed by atoms with Gasteiger partial charge in [-0.2, -0.15) is 0 Å². The molecule has 1 aromatic heterocycles. The first-order valence-corrected chi connectivity index (χ1v) is 9.02. The molecule has 1 aromatic rings. The average molecular weight is 331 g/mol. The molecular formula is C18H29N5O. The van der Waals surface area contributed by atoms with Gasteiger partial charge in [-0.25, -0.2) is 4.98 Å². The number of anilines is 1. The summed E-state index contributed by atoms with van der Waals surface area (Å²) in [5, 5.41) is 2.99. The molecular weight excluding hydrogens is 302 g/mol. The number of rotatable bonds is 4. The number of pyridine rings is 1. The first-order valence-electron chi connectivity index (χ1n) is 9.02. The van der Waals surface area contributed by atoms with Gasteiger partial charge >= 0.3 is 0 Å². The number of hydrogen-bond donors (Lipinski definition) is 2. The third-order valence-electron chi connectivity index (χ3n) is 5.29. The lowest BCUT2D eigenvalue weighted by molar-refractivity contribution is -0.127. The van der Waals surface area contributed by atoms with Gasteiger partial charge in [0.2, 0.25) is 5.91 Å². The van der Waals surface area contributed by atoms with Crippen LogP contribution in [0.1, 0.15) is 37.7 Å². The van der Waals surface area contributed by atoms with Gasteiger partial charge in [-0.15, -0.1) is 0 Å². The van der Waals surface area contributed by atoms with Crippen LogP contribution in [0.25, 0.3) is 0 Å². The van der Waals surface area contributed by atoms with E-state index in [0.29, 0.717) is 6.54 Å². The van der Waals surface area contributed by atoms with Crippen LogP contribution in [-0.2, 0) is 11.3 Å². The average Bonchev–Trinajstić information content (AvgIpc) is 2.61. The minimum Gasteiger partial charge on any atom is -0.354 e. The van der Waals surface area contributed by atoms with Crippen molar-refractivity contribution in [3.05, 3.63) is 23.9 Å². The molecule has 0 bridgehead atoms. The number of carbonyl (C=O) groups is 1. The normalized spacial score (nSPS) is 21.5. The molecule has 1 amide bonds. The predicted molar refractivity (Wildman–Crippen MR) is 95.8 cm³/mol. The molecule has 1 saturated heterocycles. The third-order valence-corrected chi connectivity index (χ3v) is 5.29. The number of nitrogens with two attached hydrogens (primary N) is 1. The fourth-order valence-electron chi connectivity index (χ4n) is 3.51. The molecule has 3 rings (SSSR count). The Morgan fingerprint density at radius 1 is 1.21 bits per heavy atom. The van der Waals surface area contributed by atoms with Crippen LogP contribution in [0, 0.1) is 0 Å². The zero-order chi connectivity index (χ0) is 17.0. The van der Waals surface area contributed by atoms with Crippen molar-refractivity contribution < 1.29 is 4.79 Å². The number of piperazine rings is 1. The number of aromatic nitrogens is 1. The Hall–Kier alpha value is -1.66. The van der Waals surface area contributed by atoms with Crippen molar-refractivity contribution in [3.63, 3.8) is 0 Å². The maximum Gasteiger partial charge on any atom is 0.240 e. The van der Waals surface area contributed by atoms with Crippen LogP contribution in [0.2, 0.25) is 0 Å². The molecule has 0 unspecified atom stereocenters. The number of carbonyl (C=O) groups excluding carboxylic acids is 1. The van der Waals surface area contributed by atoms with Gasteiger partial charge in [-0.05, 0) is 31.5 Å². The van der Waals surface area contributed by atoms with E-state index in [1.54, 1.807) is 0 Å². The Morgan fingerprint density at radius 3 is 2.54 bits per heavy atom. The first-order chi connectivity index (χ1) is 11.6. The number of nitrogens with one attached hydrogen (secondary N) is 1. The standard InChI is InChI=1S/C18H29N5O/c1-22-9-11-23(12-10-22)16-6-5-15(13-20-16)14-21-17(24)18(19)7-3-2-4-8-18/h5-6,13H,2-4,7-12,14,19H2,1H3,(H,21,24). The summed E-state index contributed by atoms with van der Waals surface area (Å²) in [6.45, 7) is 4.65. The predicted octanol–water partition coefficient (Wildman–Crippen LogP) is 1.11. The van der Waals surface area contributed by atoms with Crippen LogP contribution >= 0.6 is 0 Å². The van der Waals surface area contributed by atoms with Gasteiger partial charge in [-0.1, -0.05) is 25.3 Å². The van der Waals surface area contributed by atoms with Crippen LogP contribution in [0.3, 0.4) is 0 Å². The highest BCUT2D eigenvalue weighted by atomic mass is 16.2. The van der Waals surface area contributed by atoms with Crippen LogP contribution in [0.5, 0.6) is 0 Å². The zero-order valence-electron chi connectivity index (χ0n) is 14.6. The van der Waals surface area contributed by atoms with Crippen molar-refractivity contribution in [2.24, 2.45) is 5.73 Å². The lowest BCUT2D eigenvalue weighted by Gasteiger charge is -2.33. The second-order valence-corrected chi connectivity index (χ2v) is 7.21. The molecule has 0 aromatic carbocycles. The molecule has 0 radical (unpaired) electrons. The molecule has 2 heterocycles. The molecule has 6 nitrogen and oxygen atoms in total. The van der Waals surface area contributed by atoms with Crippen LogP contribution in [-0.4, -0.2) is 54.6 Å². The van der Waals surface area contributed by atoms with E-state index >= 15 is 0 Å². The molecule has 1 aliphatic carbocycles. The van der Waals surface area contributed by atoms with Gasteiger partial charge in [0.15, 0.2) is 0 Å². The van der Waals surface area contributed by atoms with Crippen LogP contribution in [0.15, 0.2) is 18.3 Å². The lowest BCUT2D eigenvalue weighted by atomic mass is 9.82. The van der Waals surface area contributed by atoms with Crippen molar-refractivity contribution in [2.75, 3.05) is 38.1 Å². The quantitative estimate of drug-likeness (QED) is 0.864. The van der Waals surface area contributed by atoms with E-state index in [1.807, 2.05) is 18.3 Å². The van der Waals surface area contributed by atoms with Crippen molar-refractivity contribution in [1.29, 1.82) is 0 Å². The van der Waals surface area contributed by atoms with E-state index in [4.69, 9.17) is 5.73 Å². The second kappa shape index (κ2) is 7.49. The summed E-state index contributed by atoms with van der Waals surface area (Å²) in [6.07, 6.45) is 6.72. The molecule has 132 valence electrons. The van der Waals surface area contributed by atoms with Crippen molar-refractivity contribution in [2.45, 2.75) is 44.2 Å². The molecule has 2 aliphatic rings. The first kappa shape index (κ1) is 17.2. The van der Waals surface area contributed by atoms with Crippen LogP contribution < -0.4 is 16.0 Å². The summed E-state index contributed by atoms with van der Waals surface area (Å²) in [5.74, 6) is 0.992. The van der Waals surface area contributed by atoms with E-state index in [-0.39, 0.29) is 5.91 Å². The van der Waals surface area contributed by atoms with Gasteiger partial charge in [0.1, 0.15) is 5.82 Å². The summed E-state index contributed by atoms with van der Waals surface area (Å²) in [6, 6.07) is 4.09. The molecule has 6 heteroatoms. The number of nitrogens with zero attached hydrogens (tertiary/aromatic N) is 3. The summed E-state index contributed by atoms with van der Waals surface area (Å²) in [4.78, 5) is 21.6. The SMILES string of the molecule is CN1CCN(c2ccc(CNC(=O)C3(N)CCCCC3)cn2)CC1. The van der Waals surface area contributed by atoms with Gasteiger partial charge in [0.05, 0.1) is 5.54 Å². The Morgan fingerprint density at radius 2 is 1.92 bits per heavy atom.